The van der Waals surface area contributed by atoms with Gasteiger partial charge in [-0.15, -0.1) is 0 Å². The average molecular weight is 261 g/mol. The van der Waals surface area contributed by atoms with Gasteiger partial charge in [-0.3, -0.25) is 33.9 Å². The maximum atomic E-state index is 11.3. The highest BCUT2D eigenvalue weighted by molar-refractivity contribution is 5.97. The number of nitrogens with one attached hydrogen (secondary N) is 2. The highest BCUT2D eigenvalue weighted by Crippen LogP contribution is 2.12. The van der Waals surface area contributed by atoms with Crippen molar-refractivity contribution in [1.82, 2.24) is 9.97 Å². The zero-order valence-electron chi connectivity index (χ0n) is 9.35. The Kier molecular flexibility index (Phi) is 2.83. The first-order chi connectivity index (χ1) is 8.99. The molecule has 0 radical (unpaired) electrons. The van der Waals surface area contributed by atoms with Gasteiger partial charge in [0.15, 0.2) is 0 Å². The summed E-state index contributed by atoms with van der Waals surface area (Å²) in [7, 11) is 0. The fourth-order valence-corrected chi connectivity index (χ4v) is 1.83. The molecule has 8 heteroatoms. The number of rotatable bonds is 0. The smallest absolute Gasteiger partial charge is 0.258 e. The van der Waals surface area contributed by atoms with Crippen LogP contribution in [0, 0.1) is 0 Å². The third-order valence-electron chi connectivity index (χ3n) is 2.59. The SMILES string of the molecule is NC=O.O=c1[nH]c(=O)c2cc3c(=O)[nH]c(=O)c3cc12. The molecule has 0 fully saturated rings. The van der Waals surface area contributed by atoms with E-state index >= 15 is 0 Å². The predicted molar refractivity (Wildman–Crippen MR) is 67.9 cm³/mol. The summed E-state index contributed by atoms with van der Waals surface area (Å²) in [6.45, 7) is 0. The van der Waals surface area contributed by atoms with Gasteiger partial charge in [-0.1, -0.05) is 0 Å². The van der Waals surface area contributed by atoms with Crippen LogP contribution in [-0.2, 0) is 4.79 Å². The van der Waals surface area contributed by atoms with Gasteiger partial charge >= 0.3 is 0 Å². The summed E-state index contributed by atoms with van der Waals surface area (Å²) < 4.78 is 0. The lowest BCUT2D eigenvalue weighted by Crippen LogP contribution is -2.06. The van der Waals surface area contributed by atoms with Crippen LogP contribution in [0.3, 0.4) is 0 Å². The van der Waals surface area contributed by atoms with Gasteiger partial charge in [-0.2, -0.15) is 0 Å². The van der Waals surface area contributed by atoms with Crippen LogP contribution < -0.4 is 28.0 Å². The summed E-state index contributed by atoms with van der Waals surface area (Å²) in [6, 6.07) is 2.54. The van der Waals surface area contributed by atoms with Crippen LogP contribution in [0.4, 0.5) is 0 Å². The summed E-state index contributed by atoms with van der Waals surface area (Å²) in [6.07, 6.45) is 0.250. The third kappa shape index (κ3) is 1.84. The van der Waals surface area contributed by atoms with Crippen molar-refractivity contribution >= 4 is 28.0 Å². The van der Waals surface area contributed by atoms with Crippen molar-refractivity contribution < 1.29 is 4.79 Å². The van der Waals surface area contributed by atoms with Crippen molar-refractivity contribution in [2.75, 3.05) is 0 Å². The predicted octanol–water partition coefficient (Wildman–Crippen LogP) is -1.93. The Balaban J connectivity index is 0.000000408. The van der Waals surface area contributed by atoms with E-state index in [9.17, 15) is 19.2 Å². The van der Waals surface area contributed by atoms with Gasteiger partial charge in [0.05, 0.1) is 21.5 Å². The number of carbonyl (C=O) groups excluding carboxylic acids is 1. The first-order valence-corrected chi connectivity index (χ1v) is 5.04. The van der Waals surface area contributed by atoms with E-state index in [1.54, 1.807) is 0 Å². The molecule has 0 spiro atoms. The number of amides is 1. The lowest BCUT2D eigenvalue weighted by atomic mass is 10.1. The van der Waals surface area contributed by atoms with Crippen molar-refractivity contribution in [2.45, 2.75) is 0 Å². The highest BCUT2D eigenvalue weighted by Gasteiger charge is 2.12. The van der Waals surface area contributed by atoms with Crippen LogP contribution in [0.15, 0.2) is 31.3 Å². The molecule has 0 aliphatic carbocycles. The molecule has 8 nitrogen and oxygen atoms in total. The van der Waals surface area contributed by atoms with Gasteiger partial charge in [-0.25, -0.2) is 0 Å². The van der Waals surface area contributed by atoms with E-state index in [1.165, 1.54) is 12.1 Å². The second kappa shape index (κ2) is 4.33. The molecular formula is C11H7N3O5. The zero-order chi connectivity index (χ0) is 14.2. The molecule has 2 aromatic heterocycles. The minimum atomic E-state index is -0.546. The second-order valence-corrected chi connectivity index (χ2v) is 3.65. The maximum Gasteiger partial charge on any atom is 0.258 e. The maximum absolute atomic E-state index is 11.3. The van der Waals surface area contributed by atoms with Crippen molar-refractivity contribution in [2.24, 2.45) is 5.73 Å². The van der Waals surface area contributed by atoms with Gasteiger partial charge in [0.2, 0.25) is 6.41 Å². The van der Waals surface area contributed by atoms with E-state index in [2.05, 4.69) is 15.7 Å². The van der Waals surface area contributed by atoms with Crippen LogP contribution in [0.1, 0.15) is 0 Å². The van der Waals surface area contributed by atoms with Crippen molar-refractivity contribution in [3.05, 3.63) is 53.5 Å². The number of fused-ring (bicyclic) bond motifs is 2. The Hall–Kier alpha value is -3.03. The third-order valence-corrected chi connectivity index (χ3v) is 2.59. The van der Waals surface area contributed by atoms with Crippen LogP contribution >= 0.6 is 0 Å². The summed E-state index contributed by atoms with van der Waals surface area (Å²) >= 11 is 0. The average Bonchev–Trinajstić information content (AvgIpc) is 2.79. The van der Waals surface area contributed by atoms with Crippen LogP contribution in [-0.4, -0.2) is 16.4 Å². The molecule has 19 heavy (non-hydrogen) atoms. The summed E-state index contributed by atoms with van der Waals surface area (Å²) in [5, 5.41) is 0.532. The topological polar surface area (TPSA) is 143 Å². The Bertz CT molecular complexity index is 825. The van der Waals surface area contributed by atoms with Crippen LogP contribution in [0.2, 0.25) is 0 Å². The summed E-state index contributed by atoms with van der Waals surface area (Å²) in [5.41, 5.74) is 1.98. The molecule has 1 aromatic carbocycles. The Labute approximate surface area is 103 Å². The molecule has 2 heterocycles. The molecule has 0 saturated heterocycles. The highest BCUT2D eigenvalue weighted by atomic mass is 16.2. The van der Waals surface area contributed by atoms with E-state index in [4.69, 9.17) is 4.79 Å². The minimum Gasteiger partial charge on any atom is -0.372 e. The molecule has 0 unspecified atom stereocenters. The first kappa shape index (κ1) is 12.4. The molecule has 4 N–H and O–H groups in total. The fourth-order valence-electron chi connectivity index (χ4n) is 1.83. The molecule has 0 saturated carbocycles. The normalized spacial score (nSPS) is 10.3. The largest absolute Gasteiger partial charge is 0.372 e. The number of carbonyl (C=O) groups is 1. The quantitative estimate of drug-likeness (QED) is 0.404. The Morgan fingerprint density at radius 2 is 0.947 bits per heavy atom. The number of primary amides is 1. The van der Waals surface area contributed by atoms with E-state index in [1.807, 2.05) is 0 Å². The van der Waals surface area contributed by atoms with Crippen molar-refractivity contribution in [3.63, 3.8) is 0 Å². The molecule has 96 valence electrons. The van der Waals surface area contributed by atoms with Crippen molar-refractivity contribution in [1.29, 1.82) is 0 Å². The number of aromatic amines is 2. The van der Waals surface area contributed by atoms with E-state index < -0.39 is 22.2 Å². The lowest BCUT2D eigenvalue weighted by molar-refractivity contribution is -0.106. The van der Waals surface area contributed by atoms with Crippen molar-refractivity contribution in [3.8, 4) is 0 Å². The van der Waals surface area contributed by atoms with Gasteiger partial charge in [0.25, 0.3) is 22.2 Å². The second-order valence-electron chi connectivity index (χ2n) is 3.65. The van der Waals surface area contributed by atoms with Gasteiger partial charge in [-0.05, 0) is 12.1 Å². The number of hydrogen-bond donors (Lipinski definition) is 3. The van der Waals surface area contributed by atoms with E-state index in [0.29, 0.717) is 0 Å². The van der Waals surface area contributed by atoms with E-state index in [0.717, 1.165) is 0 Å². The molecule has 0 aliphatic rings. The minimum absolute atomic E-state index is 0.133. The number of hydrogen-bond acceptors (Lipinski definition) is 5. The lowest BCUT2D eigenvalue weighted by Gasteiger charge is -1.86. The number of aromatic nitrogens is 2. The Morgan fingerprint density at radius 3 is 1.16 bits per heavy atom. The van der Waals surface area contributed by atoms with Gasteiger partial charge in [0, 0.05) is 0 Å². The molecule has 3 aromatic rings. The Morgan fingerprint density at radius 1 is 0.737 bits per heavy atom. The van der Waals surface area contributed by atoms with Crippen LogP contribution in [0.25, 0.3) is 21.5 Å². The molecule has 1 amide bonds. The number of nitrogens with two attached hydrogens (primary N) is 1. The number of H-pyrrole nitrogens is 2. The molecule has 0 aliphatic heterocycles. The first-order valence-electron chi connectivity index (χ1n) is 5.04. The molecular weight excluding hydrogens is 254 g/mol. The standard InChI is InChI=1S/C10H4N2O4.CH3NO/c13-7-3-1-4-6(10(16)12-8(4)14)2-5(3)9(15)11-7;2-1-3/h1-2H,(H,11,13,15)(H,12,14,16);1H,(H2,2,3). The fraction of sp³-hybridized carbons (Fsp3) is 0. The van der Waals surface area contributed by atoms with Gasteiger partial charge in [0.1, 0.15) is 0 Å². The summed E-state index contributed by atoms with van der Waals surface area (Å²) in [4.78, 5) is 58.0. The van der Waals surface area contributed by atoms with Crippen LogP contribution in [0.5, 0.6) is 0 Å². The molecule has 0 bridgehead atoms. The summed E-state index contributed by atoms with van der Waals surface area (Å²) in [5.74, 6) is 0. The number of benzene rings is 1. The molecule has 3 rings (SSSR count). The zero-order valence-corrected chi connectivity index (χ0v) is 9.35. The monoisotopic (exact) mass is 261 g/mol. The van der Waals surface area contributed by atoms with Gasteiger partial charge < -0.3 is 5.73 Å². The molecule has 0 atom stereocenters. The van der Waals surface area contributed by atoms with E-state index in [-0.39, 0.29) is 28.0 Å².